The fraction of sp³-hybridized carbons (Fsp3) is 0. The van der Waals surface area contributed by atoms with Gasteiger partial charge in [0.05, 0.1) is 5.69 Å². The molecule has 0 bridgehead atoms. The topological polar surface area (TPSA) is 63.8 Å². The maximum Gasteiger partial charge on any atom is 0.162 e. The first-order chi connectivity index (χ1) is 5.86. The molecule has 12 heavy (non-hydrogen) atoms. The van der Waals surface area contributed by atoms with Crippen molar-refractivity contribution < 1.29 is 5.11 Å². The smallest absolute Gasteiger partial charge is 0.162 e. The first-order valence-corrected chi connectivity index (χ1v) is 3.38. The Bertz CT molecular complexity index is 371. The van der Waals surface area contributed by atoms with Gasteiger partial charge in [-0.05, 0) is 17.3 Å². The van der Waals surface area contributed by atoms with Gasteiger partial charge in [0.15, 0.2) is 6.33 Å². The van der Waals surface area contributed by atoms with Gasteiger partial charge >= 0.3 is 0 Å². The van der Waals surface area contributed by atoms with Crippen LogP contribution in [0.5, 0.6) is 5.75 Å². The molecule has 1 heterocycles. The highest BCUT2D eigenvalue weighted by molar-refractivity contribution is 5.36. The van der Waals surface area contributed by atoms with Crippen LogP contribution in [0.1, 0.15) is 0 Å². The largest absolute Gasteiger partial charge is 0.508 e. The van der Waals surface area contributed by atoms with Crippen LogP contribution in [-0.2, 0) is 0 Å². The lowest BCUT2D eigenvalue weighted by molar-refractivity contribution is 0.474. The van der Waals surface area contributed by atoms with Crippen molar-refractivity contribution in [2.45, 2.75) is 0 Å². The minimum Gasteiger partial charge on any atom is -0.508 e. The molecule has 60 valence electrons. The quantitative estimate of drug-likeness (QED) is 0.657. The van der Waals surface area contributed by atoms with Crippen LogP contribution in [0.3, 0.4) is 0 Å². The molecule has 2 aromatic rings. The van der Waals surface area contributed by atoms with Crippen molar-refractivity contribution in [1.29, 1.82) is 0 Å². The third-order valence-corrected chi connectivity index (χ3v) is 1.41. The van der Waals surface area contributed by atoms with Crippen LogP contribution >= 0.6 is 0 Å². The van der Waals surface area contributed by atoms with Gasteiger partial charge in [0, 0.05) is 6.07 Å². The Morgan fingerprint density at radius 3 is 2.92 bits per heavy atom. The van der Waals surface area contributed by atoms with E-state index < -0.39 is 0 Å². The second kappa shape index (κ2) is 2.61. The van der Waals surface area contributed by atoms with E-state index in [2.05, 4.69) is 15.4 Å². The third-order valence-electron chi connectivity index (χ3n) is 1.41. The Kier molecular flexibility index (Phi) is 1.48. The zero-order chi connectivity index (χ0) is 8.39. The molecule has 0 aliphatic heterocycles. The third kappa shape index (κ3) is 1.12. The summed E-state index contributed by atoms with van der Waals surface area (Å²) in [6.45, 7) is 0. The molecule has 1 N–H and O–H groups in total. The first-order valence-electron chi connectivity index (χ1n) is 3.38. The van der Waals surface area contributed by atoms with E-state index >= 15 is 0 Å². The molecular weight excluding hydrogens is 156 g/mol. The van der Waals surface area contributed by atoms with Gasteiger partial charge in [-0.2, -0.15) is 0 Å². The summed E-state index contributed by atoms with van der Waals surface area (Å²) in [5.41, 5.74) is 0.688. The Hall–Kier alpha value is -1.91. The van der Waals surface area contributed by atoms with Crippen LogP contribution in [0, 0.1) is 0 Å². The van der Waals surface area contributed by atoms with E-state index in [4.69, 9.17) is 5.11 Å². The van der Waals surface area contributed by atoms with Crippen molar-refractivity contribution in [2.24, 2.45) is 0 Å². The molecule has 0 amide bonds. The van der Waals surface area contributed by atoms with E-state index in [1.807, 2.05) is 0 Å². The zero-order valence-corrected chi connectivity index (χ0v) is 6.12. The van der Waals surface area contributed by atoms with Crippen molar-refractivity contribution in [1.82, 2.24) is 20.2 Å². The Balaban J connectivity index is 2.48. The van der Waals surface area contributed by atoms with Crippen LogP contribution in [-0.4, -0.2) is 25.3 Å². The molecule has 0 aliphatic carbocycles. The molecule has 1 aromatic carbocycles. The molecule has 5 heteroatoms. The van der Waals surface area contributed by atoms with Gasteiger partial charge in [-0.25, -0.2) is 0 Å². The van der Waals surface area contributed by atoms with Gasteiger partial charge in [0.25, 0.3) is 0 Å². The molecule has 0 radical (unpaired) electrons. The highest BCUT2D eigenvalue weighted by atomic mass is 16.3. The summed E-state index contributed by atoms with van der Waals surface area (Å²) in [7, 11) is 0. The van der Waals surface area contributed by atoms with Gasteiger partial charge in [-0.1, -0.05) is 6.07 Å². The van der Waals surface area contributed by atoms with Crippen LogP contribution in [0.15, 0.2) is 30.6 Å². The normalized spacial score (nSPS) is 10.0. The molecule has 2 rings (SSSR count). The summed E-state index contributed by atoms with van der Waals surface area (Å²) < 4.78 is 0. The molecule has 5 nitrogen and oxygen atoms in total. The van der Waals surface area contributed by atoms with Crippen molar-refractivity contribution in [3.8, 4) is 11.4 Å². The summed E-state index contributed by atoms with van der Waals surface area (Å²) in [4.78, 5) is 1.33. The monoisotopic (exact) mass is 162 g/mol. The molecule has 0 unspecified atom stereocenters. The van der Waals surface area contributed by atoms with E-state index in [0.29, 0.717) is 5.69 Å². The highest BCUT2D eigenvalue weighted by Crippen LogP contribution is 2.12. The fourth-order valence-corrected chi connectivity index (χ4v) is 0.903. The van der Waals surface area contributed by atoms with Crippen molar-refractivity contribution >= 4 is 0 Å². The summed E-state index contributed by atoms with van der Waals surface area (Å²) in [5.74, 6) is 0.185. The van der Waals surface area contributed by atoms with E-state index in [9.17, 15) is 0 Å². The van der Waals surface area contributed by atoms with Gasteiger partial charge in [-0.3, -0.25) is 0 Å². The van der Waals surface area contributed by atoms with Crippen molar-refractivity contribution in [3.05, 3.63) is 30.6 Å². The maximum absolute atomic E-state index is 9.12. The minimum absolute atomic E-state index is 0.185. The fourth-order valence-electron chi connectivity index (χ4n) is 0.903. The number of phenolic OH excluding ortho intramolecular Hbond substituents is 1. The summed E-state index contributed by atoms with van der Waals surface area (Å²) in [5, 5.41) is 20.2. The van der Waals surface area contributed by atoms with Crippen LogP contribution in [0.4, 0.5) is 0 Å². The number of aromatic hydroxyl groups is 1. The molecule has 0 spiro atoms. The number of hydrogen-bond donors (Lipinski definition) is 1. The Morgan fingerprint density at radius 1 is 1.33 bits per heavy atom. The Morgan fingerprint density at radius 2 is 2.25 bits per heavy atom. The lowest BCUT2D eigenvalue weighted by Gasteiger charge is -1.97. The van der Waals surface area contributed by atoms with E-state index in [0.717, 1.165) is 0 Å². The second-order valence-electron chi connectivity index (χ2n) is 2.25. The molecule has 0 atom stereocenters. The van der Waals surface area contributed by atoms with Gasteiger partial charge in [-0.15, -0.1) is 15.0 Å². The number of nitrogens with zero attached hydrogens (tertiary/aromatic N) is 4. The zero-order valence-electron chi connectivity index (χ0n) is 6.12. The second-order valence-corrected chi connectivity index (χ2v) is 2.25. The summed E-state index contributed by atoms with van der Waals surface area (Å²) >= 11 is 0. The predicted molar refractivity (Wildman–Crippen MR) is 40.8 cm³/mol. The van der Waals surface area contributed by atoms with Gasteiger partial charge in [0.1, 0.15) is 5.75 Å². The maximum atomic E-state index is 9.12. The minimum atomic E-state index is 0.185. The molecule has 0 aliphatic rings. The average molecular weight is 162 g/mol. The van der Waals surface area contributed by atoms with Gasteiger partial charge in [0.2, 0.25) is 0 Å². The predicted octanol–water partition coefficient (Wildman–Crippen LogP) is 0.368. The molecule has 0 saturated carbocycles. The highest BCUT2D eigenvalue weighted by Gasteiger charge is 1.97. The lowest BCUT2D eigenvalue weighted by atomic mass is 10.3. The van der Waals surface area contributed by atoms with Gasteiger partial charge < -0.3 is 5.11 Å². The molecule has 0 saturated heterocycles. The van der Waals surface area contributed by atoms with E-state index in [-0.39, 0.29) is 5.75 Å². The number of hydrogen-bond acceptors (Lipinski definition) is 4. The lowest BCUT2D eigenvalue weighted by Crippen LogP contribution is -1.97. The molecule has 0 fully saturated rings. The molecule has 1 aromatic heterocycles. The van der Waals surface area contributed by atoms with Crippen LogP contribution < -0.4 is 0 Å². The number of phenols is 1. The number of rotatable bonds is 1. The average Bonchev–Trinajstić information content (AvgIpc) is 2.56. The van der Waals surface area contributed by atoms with E-state index in [1.54, 1.807) is 24.3 Å². The van der Waals surface area contributed by atoms with E-state index in [1.165, 1.54) is 11.1 Å². The van der Waals surface area contributed by atoms with Crippen LogP contribution in [0.25, 0.3) is 5.69 Å². The van der Waals surface area contributed by atoms with Crippen molar-refractivity contribution in [3.63, 3.8) is 0 Å². The van der Waals surface area contributed by atoms with Crippen molar-refractivity contribution in [2.75, 3.05) is 0 Å². The van der Waals surface area contributed by atoms with Crippen LogP contribution in [0.2, 0.25) is 0 Å². The Labute approximate surface area is 68.3 Å². The number of tetrazole rings is 1. The first kappa shape index (κ1) is 6.78. The number of aromatic nitrogens is 4. The summed E-state index contributed by atoms with van der Waals surface area (Å²) in [6.07, 6.45) is 1.34. The molecular formula is C7H6N4O. The summed E-state index contributed by atoms with van der Waals surface area (Å²) in [6, 6.07) is 6.64. The standard InChI is InChI=1S/C7H6N4O/c12-7-3-1-2-6(4-7)11-9-5-8-10-11/h1-5,12H. The SMILES string of the molecule is Oc1cccc(-n2ncnn2)c1. The number of benzene rings is 1.